The fourth-order valence-corrected chi connectivity index (χ4v) is 3.36. The molecule has 6 heteroatoms. The van der Waals surface area contributed by atoms with Crippen LogP contribution >= 0.6 is 0 Å². The van der Waals surface area contributed by atoms with Gasteiger partial charge in [0, 0.05) is 31.2 Å². The van der Waals surface area contributed by atoms with Crippen molar-refractivity contribution in [3.8, 4) is 0 Å². The highest BCUT2D eigenvalue weighted by Crippen LogP contribution is 2.24. The van der Waals surface area contributed by atoms with Crippen molar-refractivity contribution in [3.05, 3.63) is 36.5 Å². The number of para-hydroxylation sites is 1. The highest BCUT2D eigenvalue weighted by atomic mass is 32.2. The molecular formula is C13H17N3O2S. The van der Waals surface area contributed by atoms with Crippen LogP contribution in [0.2, 0.25) is 0 Å². The van der Waals surface area contributed by atoms with Crippen LogP contribution in [-0.2, 0) is 10.0 Å². The van der Waals surface area contributed by atoms with E-state index in [2.05, 4.69) is 4.98 Å². The van der Waals surface area contributed by atoms with Crippen LogP contribution in [0, 0.1) is 0 Å². The van der Waals surface area contributed by atoms with E-state index in [1.165, 1.54) is 11.4 Å². The molecule has 0 aliphatic carbocycles. The van der Waals surface area contributed by atoms with E-state index in [1.807, 2.05) is 12.1 Å². The second kappa shape index (κ2) is 5.24. The van der Waals surface area contributed by atoms with Gasteiger partial charge < -0.3 is 5.73 Å². The zero-order valence-electron chi connectivity index (χ0n) is 10.9. The molecule has 102 valence electrons. The summed E-state index contributed by atoms with van der Waals surface area (Å²) in [6.45, 7) is 2.05. The quantitative estimate of drug-likeness (QED) is 0.912. The molecule has 0 amide bonds. The largest absolute Gasteiger partial charge is 0.329 e. The molecule has 0 fully saturated rings. The van der Waals surface area contributed by atoms with Gasteiger partial charge in [-0.15, -0.1) is 0 Å². The lowest BCUT2D eigenvalue weighted by molar-refractivity contribution is 0.395. The molecule has 0 bridgehead atoms. The van der Waals surface area contributed by atoms with E-state index < -0.39 is 10.0 Å². The minimum absolute atomic E-state index is 0.216. The number of fused-ring (bicyclic) bond motifs is 1. The lowest BCUT2D eigenvalue weighted by atomic mass is 10.2. The number of rotatable bonds is 4. The summed E-state index contributed by atoms with van der Waals surface area (Å²) < 4.78 is 26.4. The minimum Gasteiger partial charge on any atom is -0.329 e. The molecular weight excluding hydrogens is 262 g/mol. The van der Waals surface area contributed by atoms with Crippen LogP contribution in [0.3, 0.4) is 0 Å². The normalized spacial score (nSPS) is 13.9. The van der Waals surface area contributed by atoms with Crippen molar-refractivity contribution in [3.63, 3.8) is 0 Å². The predicted octanol–water partition coefficient (Wildman–Crippen LogP) is 1.20. The monoisotopic (exact) mass is 279 g/mol. The summed E-state index contributed by atoms with van der Waals surface area (Å²) in [5.74, 6) is 0. The average Bonchev–Trinajstić information content (AvgIpc) is 2.44. The second-order valence-electron chi connectivity index (χ2n) is 4.44. The van der Waals surface area contributed by atoms with Crippen LogP contribution in [-0.4, -0.2) is 37.3 Å². The summed E-state index contributed by atoms with van der Waals surface area (Å²) in [6, 6.07) is 8.50. The Labute approximate surface area is 113 Å². The average molecular weight is 279 g/mol. The molecule has 1 aromatic carbocycles. The molecule has 0 spiro atoms. The first-order chi connectivity index (χ1) is 8.98. The number of hydrogen-bond acceptors (Lipinski definition) is 4. The van der Waals surface area contributed by atoms with Crippen molar-refractivity contribution in [2.45, 2.75) is 17.9 Å². The zero-order chi connectivity index (χ0) is 14.0. The molecule has 1 atom stereocenters. The lowest BCUT2D eigenvalue weighted by Crippen LogP contribution is -2.39. The molecule has 0 aliphatic rings. The van der Waals surface area contributed by atoms with Gasteiger partial charge in [-0.05, 0) is 19.1 Å². The van der Waals surface area contributed by atoms with Crippen molar-refractivity contribution in [1.82, 2.24) is 9.29 Å². The van der Waals surface area contributed by atoms with Gasteiger partial charge in [0.2, 0.25) is 10.0 Å². The molecule has 0 saturated heterocycles. The van der Waals surface area contributed by atoms with Gasteiger partial charge in [0.1, 0.15) is 4.90 Å². The van der Waals surface area contributed by atoms with Gasteiger partial charge in [0.25, 0.3) is 0 Å². The SMILES string of the molecule is CC(CN)N(C)S(=O)(=O)c1cccc2cccnc12. The molecule has 1 unspecified atom stereocenters. The molecule has 2 N–H and O–H groups in total. The summed E-state index contributed by atoms with van der Waals surface area (Å²) >= 11 is 0. The maximum Gasteiger partial charge on any atom is 0.245 e. The first-order valence-corrected chi connectivity index (χ1v) is 7.44. The van der Waals surface area contributed by atoms with E-state index in [1.54, 1.807) is 31.3 Å². The number of sulfonamides is 1. The van der Waals surface area contributed by atoms with E-state index in [0.717, 1.165) is 5.39 Å². The van der Waals surface area contributed by atoms with Crippen molar-refractivity contribution in [2.75, 3.05) is 13.6 Å². The topological polar surface area (TPSA) is 76.3 Å². The molecule has 0 radical (unpaired) electrons. The summed E-state index contributed by atoms with van der Waals surface area (Å²) in [6.07, 6.45) is 1.59. The maximum absolute atomic E-state index is 12.6. The maximum atomic E-state index is 12.6. The Hall–Kier alpha value is -1.50. The molecule has 2 aromatic rings. The Balaban J connectivity index is 2.61. The van der Waals surface area contributed by atoms with E-state index in [-0.39, 0.29) is 17.5 Å². The van der Waals surface area contributed by atoms with Gasteiger partial charge in [-0.1, -0.05) is 18.2 Å². The second-order valence-corrected chi connectivity index (χ2v) is 6.40. The van der Waals surface area contributed by atoms with Crippen LogP contribution in [0.25, 0.3) is 10.9 Å². The highest BCUT2D eigenvalue weighted by molar-refractivity contribution is 7.89. The molecule has 19 heavy (non-hydrogen) atoms. The Morgan fingerprint density at radius 3 is 2.68 bits per heavy atom. The number of pyridine rings is 1. The van der Waals surface area contributed by atoms with Crippen molar-refractivity contribution >= 4 is 20.9 Å². The van der Waals surface area contributed by atoms with Crippen LogP contribution in [0.15, 0.2) is 41.4 Å². The molecule has 1 aromatic heterocycles. The van der Waals surface area contributed by atoms with Gasteiger partial charge in [-0.25, -0.2) is 8.42 Å². The summed E-state index contributed by atoms with van der Waals surface area (Å²) in [4.78, 5) is 4.39. The Morgan fingerprint density at radius 2 is 2.00 bits per heavy atom. The molecule has 2 rings (SSSR count). The minimum atomic E-state index is -3.59. The highest BCUT2D eigenvalue weighted by Gasteiger charge is 2.26. The van der Waals surface area contributed by atoms with Crippen molar-refractivity contribution < 1.29 is 8.42 Å². The van der Waals surface area contributed by atoms with Crippen LogP contribution in [0.1, 0.15) is 6.92 Å². The van der Waals surface area contributed by atoms with E-state index in [4.69, 9.17) is 5.73 Å². The van der Waals surface area contributed by atoms with Gasteiger partial charge in [-0.2, -0.15) is 4.31 Å². The van der Waals surface area contributed by atoms with Crippen molar-refractivity contribution in [2.24, 2.45) is 5.73 Å². The first kappa shape index (κ1) is 13.9. The smallest absolute Gasteiger partial charge is 0.245 e. The number of nitrogens with two attached hydrogens (primary N) is 1. The third kappa shape index (κ3) is 2.47. The van der Waals surface area contributed by atoms with Crippen molar-refractivity contribution in [1.29, 1.82) is 0 Å². The number of aromatic nitrogens is 1. The van der Waals surface area contributed by atoms with Crippen LogP contribution in [0.5, 0.6) is 0 Å². The Bertz CT molecular complexity index is 680. The Kier molecular flexibility index (Phi) is 3.84. The fraction of sp³-hybridized carbons (Fsp3) is 0.308. The van der Waals surface area contributed by atoms with E-state index in [0.29, 0.717) is 5.52 Å². The van der Waals surface area contributed by atoms with Crippen LogP contribution < -0.4 is 5.73 Å². The van der Waals surface area contributed by atoms with E-state index >= 15 is 0 Å². The molecule has 5 nitrogen and oxygen atoms in total. The van der Waals surface area contributed by atoms with Gasteiger partial charge in [-0.3, -0.25) is 4.98 Å². The number of hydrogen-bond donors (Lipinski definition) is 1. The van der Waals surface area contributed by atoms with Crippen LogP contribution in [0.4, 0.5) is 0 Å². The molecule has 0 aliphatic heterocycles. The number of nitrogens with zero attached hydrogens (tertiary/aromatic N) is 2. The number of benzene rings is 1. The van der Waals surface area contributed by atoms with Gasteiger partial charge >= 0.3 is 0 Å². The predicted molar refractivity (Wildman–Crippen MR) is 75.2 cm³/mol. The lowest BCUT2D eigenvalue weighted by Gasteiger charge is -2.23. The van der Waals surface area contributed by atoms with Gasteiger partial charge in [0.15, 0.2) is 0 Å². The third-order valence-corrected chi connectivity index (χ3v) is 5.22. The summed E-state index contributed by atoms with van der Waals surface area (Å²) in [7, 11) is -2.05. The zero-order valence-corrected chi connectivity index (χ0v) is 11.8. The first-order valence-electron chi connectivity index (χ1n) is 6.00. The van der Waals surface area contributed by atoms with E-state index in [9.17, 15) is 8.42 Å². The molecule has 1 heterocycles. The third-order valence-electron chi connectivity index (χ3n) is 3.21. The fourth-order valence-electron chi connectivity index (χ4n) is 1.82. The Morgan fingerprint density at radius 1 is 1.32 bits per heavy atom. The summed E-state index contributed by atoms with van der Waals surface area (Å²) in [5.41, 5.74) is 6.03. The van der Waals surface area contributed by atoms with Gasteiger partial charge in [0.05, 0.1) is 5.52 Å². The summed E-state index contributed by atoms with van der Waals surface area (Å²) in [5, 5.41) is 0.803. The number of likely N-dealkylation sites (N-methyl/N-ethyl adjacent to an activating group) is 1. The standard InChI is InChI=1S/C13H17N3O2S/c1-10(9-14)16(2)19(17,18)12-7-3-5-11-6-4-8-15-13(11)12/h3-8,10H,9,14H2,1-2H3. The molecule has 0 saturated carbocycles.